The van der Waals surface area contributed by atoms with Crippen LogP contribution in [0.5, 0.6) is 11.5 Å². The van der Waals surface area contributed by atoms with Gasteiger partial charge in [0.1, 0.15) is 16.0 Å². The molecule has 0 bridgehead atoms. The number of nitrogens with one attached hydrogen (secondary N) is 1. The second-order valence-electron chi connectivity index (χ2n) is 5.41. The summed E-state index contributed by atoms with van der Waals surface area (Å²) in [6.07, 6.45) is 4.04. The van der Waals surface area contributed by atoms with Crippen molar-refractivity contribution < 1.29 is 9.47 Å². The van der Waals surface area contributed by atoms with E-state index in [-0.39, 0.29) is 24.8 Å². The van der Waals surface area contributed by atoms with Gasteiger partial charge in [0.15, 0.2) is 0 Å². The molecule has 7 heteroatoms. The monoisotopic (exact) mass is 440 g/mol. The molecule has 0 aromatic heterocycles. The lowest BCUT2D eigenvalue weighted by Gasteiger charge is -2.35. The van der Waals surface area contributed by atoms with Gasteiger partial charge < -0.3 is 14.8 Å². The molecule has 24 heavy (non-hydrogen) atoms. The van der Waals surface area contributed by atoms with Gasteiger partial charge in [-0.25, -0.2) is 0 Å². The molecular weight excluding hydrogens is 415 g/mol. The van der Waals surface area contributed by atoms with E-state index >= 15 is 0 Å². The molecule has 1 aromatic rings. The summed E-state index contributed by atoms with van der Waals surface area (Å²) < 4.78 is 11.8. The molecule has 1 aliphatic heterocycles. The van der Waals surface area contributed by atoms with E-state index in [9.17, 15) is 0 Å². The number of hydrogen-bond acceptors (Lipinski definition) is 4. The van der Waals surface area contributed by atoms with E-state index in [4.69, 9.17) is 9.47 Å². The Bertz CT molecular complexity index is 486. The predicted molar refractivity (Wildman–Crippen MR) is 108 cm³/mol. The Balaban J connectivity index is 0.00000264. The molecule has 1 aliphatic rings. The standard InChI is InChI=1S/C17H25BrN2O2.2ClH/c1-4-5-6-14(20-9-7-19-8-10-20)13-11-15(21-2)17(18)16(12-13)22-3;;/h4,11-12,14,19H,1,5-10H2,2-3H3;2*1H/t14-;;/m0../s1. The van der Waals surface area contributed by atoms with Gasteiger partial charge in [0.25, 0.3) is 0 Å². The van der Waals surface area contributed by atoms with Crippen molar-refractivity contribution in [3.05, 3.63) is 34.8 Å². The van der Waals surface area contributed by atoms with Crippen LogP contribution in [0.15, 0.2) is 29.3 Å². The molecular formula is C17H27BrCl2N2O2. The first-order chi connectivity index (χ1) is 10.7. The van der Waals surface area contributed by atoms with E-state index in [0.717, 1.165) is 55.0 Å². The van der Waals surface area contributed by atoms with Gasteiger partial charge in [-0.2, -0.15) is 0 Å². The van der Waals surface area contributed by atoms with Crippen LogP contribution in [0, 0.1) is 0 Å². The third-order valence-corrected chi connectivity index (χ3v) is 4.87. The summed E-state index contributed by atoms with van der Waals surface area (Å²) in [4.78, 5) is 2.53. The summed E-state index contributed by atoms with van der Waals surface area (Å²) in [5.74, 6) is 1.63. The lowest BCUT2D eigenvalue weighted by Crippen LogP contribution is -2.45. The van der Waals surface area contributed by atoms with Crippen molar-refractivity contribution in [2.75, 3.05) is 40.4 Å². The third kappa shape index (κ3) is 5.81. The van der Waals surface area contributed by atoms with E-state index < -0.39 is 0 Å². The zero-order valence-electron chi connectivity index (χ0n) is 14.2. The number of hydrogen-bond donors (Lipinski definition) is 1. The van der Waals surface area contributed by atoms with E-state index in [1.165, 1.54) is 5.56 Å². The lowest BCUT2D eigenvalue weighted by molar-refractivity contribution is 0.165. The SMILES string of the molecule is C=CCC[C@@H](c1cc(OC)c(Br)c(OC)c1)N1CCNCC1.Cl.Cl. The Kier molecular flexibility index (Phi) is 11.8. The van der Waals surface area contributed by atoms with Crippen LogP contribution >= 0.6 is 40.7 Å². The average Bonchev–Trinajstić information content (AvgIpc) is 2.57. The molecule has 0 unspecified atom stereocenters. The van der Waals surface area contributed by atoms with Gasteiger partial charge in [0, 0.05) is 32.2 Å². The van der Waals surface area contributed by atoms with Crippen LogP contribution < -0.4 is 14.8 Å². The Labute approximate surface area is 165 Å². The molecule has 0 amide bonds. The average molecular weight is 442 g/mol. The largest absolute Gasteiger partial charge is 0.495 e. The number of ether oxygens (including phenoxy) is 2. The molecule has 1 N–H and O–H groups in total. The quantitative estimate of drug-likeness (QED) is 0.642. The fourth-order valence-corrected chi connectivity index (χ4v) is 3.46. The first-order valence-electron chi connectivity index (χ1n) is 7.68. The minimum atomic E-state index is 0. The van der Waals surface area contributed by atoms with Crippen LogP contribution in [0.1, 0.15) is 24.4 Å². The number of allylic oxidation sites excluding steroid dienone is 1. The highest BCUT2D eigenvalue weighted by atomic mass is 79.9. The predicted octanol–water partition coefficient (Wildman–Crippen LogP) is 4.22. The summed E-state index contributed by atoms with van der Waals surface area (Å²) in [6, 6.07) is 4.58. The summed E-state index contributed by atoms with van der Waals surface area (Å²) in [5.41, 5.74) is 1.24. The fourth-order valence-electron chi connectivity index (χ4n) is 2.91. The minimum Gasteiger partial charge on any atom is -0.495 e. The van der Waals surface area contributed by atoms with Gasteiger partial charge >= 0.3 is 0 Å². The number of halogens is 3. The van der Waals surface area contributed by atoms with E-state index in [1.807, 2.05) is 6.08 Å². The van der Waals surface area contributed by atoms with Crippen molar-refractivity contribution in [2.45, 2.75) is 18.9 Å². The van der Waals surface area contributed by atoms with Crippen molar-refractivity contribution in [3.63, 3.8) is 0 Å². The normalized spacial score (nSPS) is 15.6. The number of nitrogens with zero attached hydrogens (tertiary/aromatic N) is 1. The maximum Gasteiger partial charge on any atom is 0.137 e. The first-order valence-corrected chi connectivity index (χ1v) is 8.47. The topological polar surface area (TPSA) is 33.7 Å². The molecule has 1 saturated heterocycles. The van der Waals surface area contributed by atoms with Gasteiger partial charge in [-0.3, -0.25) is 4.90 Å². The fraction of sp³-hybridized carbons (Fsp3) is 0.529. The zero-order valence-corrected chi connectivity index (χ0v) is 17.4. The lowest BCUT2D eigenvalue weighted by atomic mass is 9.98. The Hall–Kier alpha value is -0.460. The third-order valence-electron chi connectivity index (χ3n) is 4.09. The van der Waals surface area contributed by atoms with Crippen LogP contribution in [-0.4, -0.2) is 45.3 Å². The summed E-state index contributed by atoms with van der Waals surface area (Å²) >= 11 is 3.54. The van der Waals surface area contributed by atoms with Gasteiger partial charge in [0.2, 0.25) is 0 Å². The van der Waals surface area contributed by atoms with E-state index in [0.29, 0.717) is 6.04 Å². The van der Waals surface area contributed by atoms with Crippen LogP contribution in [0.25, 0.3) is 0 Å². The number of benzene rings is 1. The van der Waals surface area contributed by atoms with Crippen molar-refractivity contribution >= 4 is 40.7 Å². The molecule has 0 spiro atoms. The van der Waals surface area contributed by atoms with Crippen LogP contribution in [-0.2, 0) is 0 Å². The van der Waals surface area contributed by atoms with Crippen molar-refractivity contribution in [1.82, 2.24) is 10.2 Å². The maximum atomic E-state index is 5.49. The maximum absolute atomic E-state index is 5.49. The minimum absolute atomic E-state index is 0. The van der Waals surface area contributed by atoms with Crippen molar-refractivity contribution in [3.8, 4) is 11.5 Å². The highest BCUT2D eigenvalue weighted by Crippen LogP contribution is 2.39. The van der Waals surface area contributed by atoms with E-state index in [1.54, 1.807) is 14.2 Å². The van der Waals surface area contributed by atoms with Gasteiger partial charge in [-0.05, 0) is 46.5 Å². The van der Waals surface area contributed by atoms with Crippen LogP contribution in [0.3, 0.4) is 0 Å². The van der Waals surface area contributed by atoms with Crippen molar-refractivity contribution in [2.24, 2.45) is 0 Å². The van der Waals surface area contributed by atoms with Gasteiger partial charge in [0.05, 0.1) is 14.2 Å². The van der Waals surface area contributed by atoms with Crippen molar-refractivity contribution in [1.29, 1.82) is 0 Å². The smallest absolute Gasteiger partial charge is 0.137 e. The highest BCUT2D eigenvalue weighted by molar-refractivity contribution is 9.10. The van der Waals surface area contributed by atoms with Crippen LogP contribution in [0.4, 0.5) is 0 Å². The highest BCUT2D eigenvalue weighted by Gasteiger charge is 2.23. The Morgan fingerprint density at radius 3 is 2.21 bits per heavy atom. The molecule has 1 aromatic carbocycles. The van der Waals surface area contributed by atoms with Gasteiger partial charge in [-0.15, -0.1) is 31.4 Å². The molecule has 1 fully saturated rings. The molecule has 1 heterocycles. The number of methoxy groups -OCH3 is 2. The Morgan fingerprint density at radius 1 is 1.21 bits per heavy atom. The summed E-state index contributed by atoms with van der Waals surface area (Å²) in [6.45, 7) is 8.06. The molecule has 2 rings (SSSR count). The summed E-state index contributed by atoms with van der Waals surface area (Å²) in [5, 5.41) is 3.41. The second kappa shape index (κ2) is 12.0. The van der Waals surface area contributed by atoms with Gasteiger partial charge in [-0.1, -0.05) is 6.08 Å². The second-order valence-corrected chi connectivity index (χ2v) is 6.20. The molecule has 138 valence electrons. The zero-order chi connectivity index (χ0) is 15.9. The van der Waals surface area contributed by atoms with E-state index in [2.05, 4.69) is 44.9 Å². The first kappa shape index (κ1) is 23.5. The molecule has 4 nitrogen and oxygen atoms in total. The molecule has 0 aliphatic carbocycles. The molecule has 0 saturated carbocycles. The number of piperazine rings is 1. The number of rotatable bonds is 7. The van der Waals surface area contributed by atoms with Crippen LogP contribution in [0.2, 0.25) is 0 Å². The summed E-state index contributed by atoms with van der Waals surface area (Å²) in [7, 11) is 3.37. The molecule has 0 radical (unpaired) electrons. The Morgan fingerprint density at radius 2 is 1.75 bits per heavy atom. The molecule has 1 atom stereocenters.